The Bertz CT molecular complexity index is 496. The summed E-state index contributed by atoms with van der Waals surface area (Å²) in [5, 5.41) is 10.5. The van der Waals surface area contributed by atoms with Crippen molar-refractivity contribution in [1.82, 2.24) is 4.98 Å². The van der Waals surface area contributed by atoms with Gasteiger partial charge in [-0.05, 0) is 12.1 Å². The molecule has 0 fully saturated rings. The molecule has 0 saturated carbocycles. The van der Waals surface area contributed by atoms with Crippen LogP contribution in [-0.2, 0) is 0 Å². The second-order valence-corrected chi connectivity index (χ2v) is 3.82. The van der Waals surface area contributed by atoms with Gasteiger partial charge >= 0.3 is 0 Å². The Morgan fingerprint density at radius 2 is 2.25 bits per heavy atom. The minimum absolute atomic E-state index is 0.598. The van der Waals surface area contributed by atoms with E-state index in [0.29, 0.717) is 22.3 Å². The lowest BCUT2D eigenvalue weighted by molar-refractivity contribution is 0.416. The summed E-state index contributed by atoms with van der Waals surface area (Å²) >= 11 is 1.42. The van der Waals surface area contributed by atoms with Gasteiger partial charge in [0, 0.05) is 23.3 Å². The van der Waals surface area contributed by atoms with Crippen LogP contribution in [0.25, 0.3) is 0 Å². The highest BCUT2D eigenvalue weighted by Gasteiger charge is 2.02. The molecular formula is C10H10N4OS. The molecule has 16 heavy (non-hydrogen) atoms. The number of aromatic nitrogens is 1. The van der Waals surface area contributed by atoms with Gasteiger partial charge in [0.15, 0.2) is 0 Å². The van der Waals surface area contributed by atoms with Gasteiger partial charge in [0.2, 0.25) is 5.13 Å². The molecule has 1 aromatic heterocycles. The third-order valence-corrected chi connectivity index (χ3v) is 2.52. The van der Waals surface area contributed by atoms with E-state index < -0.39 is 0 Å². The summed E-state index contributed by atoms with van der Waals surface area (Å²) in [4.78, 5) is 4.00. The van der Waals surface area contributed by atoms with Crippen molar-refractivity contribution < 1.29 is 4.74 Å². The molecule has 0 spiro atoms. The molecule has 1 aromatic carbocycles. The summed E-state index contributed by atoms with van der Waals surface area (Å²) in [5.41, 5.74) is 6.89. The largest absolute Gasteiger partial charge is 0.494 e. The quantitative estimate of drug-likeness (QED) is 0.654. The minimum Gasteiger partial charge on any atom is -0.494 e. The highest BCUT2D eigenvalue weighted by Crippen LogP contribution is 2.30. The second kappa shape index (κ2) is 4.71. The number of nitrogens with zero attached hydrogens (tertiary/aromatic N) is 3. The monoisotopic (exact) mass is 234 g/mol. The Morgan fingerprint density at radius 3 is 2.94 bits per heavy atom. The topological polar surface area (TPSA) is 72.9 Å². The Morgan fingerprint density at radius 1 is 1.38 bits per heavy atom. The molecule has 0 aliphatic carbocycles. The molecule has 0 atom stereocenters. The van der Waals surface area contributed by atoms with Crippen LogP contribution in [0.4, 0.5) is 16.5 Å². The first-order valence-corrected chi connectivity index (χ1v) is 5.42. The van der Waals surface area contributed by atoms with Crippen LogP contribution >= 0.6 is 11.3 Å². The summed E-state index contributed by atoms with van der Waals surface area (Å²) in [6, 6.07) is 5.21. The van der Waals surface area contributed by atoms with E-state index in [9.17, 15) is 0 Å². The van der Waals surface area contributed by atoms with Gasteiger partial charge in [0.25, 0.3) is 0 Å². The van der Waals surface area contributed by atoms with Crippen LogP contribution in [0.3, 0.4) is 0 Å². The number of ether oxygens (including phenoxy) is 1. The molecular weight excluding hydrogens is 224 g/mol. The summed E-state index contributed by atoms with van der Waals surface area (Å²) < 4.78 is 5.15. The number of rotatable bonds is 3. The van der Waals surface area contributed by atoms with E-state index in [2.05, 4.69) is 15.2 Å². The van der Waals surface area contributed by atoms with Gasteiger partial charge in [0.05, 0.1) is 7.11 Å². The van der Waals surface area contributed by atoms with Crippen LogP contribution in [-0.4, -0.2) is 12.1 Å². The van der Waals surface area contributed by atoms with Gasteiger partial charge in [0.1, 0.15) is 11.4 Å². The van der Waals surface area contributed by atoms with Crippen molar-refractivity contribution in [2.45, 2.75) is 0 Å². The molecule has 0 aliphatic rings. The maximum Gasteiger partial charge on any atom is 0.229 e. The van der Waals surface area contributed by atoms with E-state index in [1.165, 1.54) is 11.3 Å². The molecule has 2 aromatic rings. The number of thiazole rings is 1. The number of methoxy groups -OCH3 is 1. The van der Waals surface area contributed by atoms with Gasteiger partial charge in [-0.2, -0.15) is 0 Å². The number of anilines is 1. The fraction of sp³-hybridized carbons (Fsp3) is 0.100. The molecule has 82 valence electrons. The summed E-state index contributed by atoms with van der Waals surface area (Å²) in [5.74, 6) is 0.598. The number of hydrogen-bond donors (Lipinski definition) is 1. The van der Waals surface area contributed by atoms with Gasteiger partial charge < -0.3 is 10.5 Å². The van der Waals surface area contributed by atoms with E-state index in [-0.39, 0.29) is 0 Å². The van der Waals surface area contributed by atoms with Crippen LogP contribution in [0.5, 0.6) is 5.75 Å². The predicted molar refractivity (Wildman–Crippen MR) is 63.7 cm³/mol. The van der Waals surface area contributed by atoms with E-state index in [4.69, 9.17) is 10.5 Å². The van der Waals surface area contributed by atoms with Crippen LogP contribution in [0, 0.1) is 0 Å². The standard InChI is InChI=1S/C10H10N4OS/c1-15-9-6-7(11)2-3-8(9)13-14-10-12-4-5-16-10/h2-6H,11H2,1H3. The molecule has 5 nitrogen and oxygen atoms in total. The molecule has 0 aliphatic heterocycles. The number of nitrogens with two attached hydrogens (primary N) is 1. The van der Waals surface area contributed by atoms with Crippen molar-refractivity contribution in [3.63, 3.8) is 0 Å². The van der Waals surface area contributed by atoms with E-state index in [1.807, 2.05) is 5.38 Å². The second-order valence-electron chi connectivity index (χ2n) is 2.95. The zero-order valence-electron chi connectivity index (χ0n) is 8.62. The normalized spacial score (nSPS) is 10.8. The van der Waals surface area contributed by atoms with Gasteiger partial charge in [-0.25, -0.2) is 4.98 Å². The van der Waals surface area contributed by atoms with E-state index in [0.717, 1.165) is 0 Å². The van der Waals surface area contributed by atoms with Crippen molar-refractivity contribution in [1.29, 1.82) is 0 Å². The Hall–Kier alpha value is -1.95. The zero-order chi connectivity index (χ0) is 11.4. The molecule has 0 saturated heterocycles. The molecule has 0 amide bonds. The van der Waals surface area contributed by atoms with Gasteiger partial charge in [-0.1, -0.05) is 0 Å². The molecule has 0 bridgehead atoms. The number of benzene rings is 1. The number of azo groups is 1. The maximum atomic E-state index is 5.63. The summed E-state index contributed by atoms with van der Waals surface area (Å²) in [7, 11) is 1.57. The fourth-order valence-corrected chi connectivity index (χ4v) is 1.59. The highest BCUT2D eigenvalue weighted by atomic mass is 32.1. The summed E-state index contributed by atoms with van der Waals surface area (Å²) in [6.45, 7) is 0. The zero-order valence-corrected chi connectivity index (χ0v) is 9.44. The molecule has 2 N–H and O–H groups in total. The summed E-state index contributed by atoms with van der Waals surface area (Å²) in [6.07, 6.45) is 1.68. The third kappa shape index (κ3) is 2.34. The first kappa shape index (κ1) is 10.6. The molecule has 1 heterocycles. The smallest absolute Gasteiger partial charge is 0.229 e. The third-order valence-electron chi connectivity index (χ3n) is 1.87. The molecule has 6 heteroatoms. The SMILES string of the molecule is COc1cc(N)ccc1N=Nc1nccs1. The molecule has 2 rings (SSSR count). The first-order valence-electron chi connectivity index (χ1n) is 4.54. The Kier molecular flexibility index (Phi) is 3.11. The molecule has 0 radical (unpaired) electrons. The number of nitrogen functional groups attached to an aromatic ring is 1. The lowest BCUT2D eigenvalue weighted by atomic mass is 10.2. The van der Waals surface area contributed by atoms with Crippen LogP contribution in [0.1, 0.15) is 0 Å². The Balaban J connectivity index is 2.27. The van der Waals surface area contributed by atoms with Crippen molar-refractivity contribution in [3.05, 3.63) is 29.8 Å². The Labute approximate surface area is 96.6 Å². The molecule has 0 unspecified atom stereocenters. The predicted octanol–water partition coefficient (Wildman–Crippen LogP) is 3.15. The first-order chi connectivity index (χ1) is 7.79. The van der Waals surface area contributed by atoms with Crippen LogP contribution < -0.4 is 10.5 Å². The van der Waals surface area contributed by atoms with Crippen LogP contribution in [0.2, 0.25) is 0 Å². The maximum absolute atomic E-state index is 5.63. The van der Waals surface area contributed by atoms with Gasteiger partial charge in [-0.3, -0.25) is 0 Å². The van der Waals surface area contributed by atoms with Crippen molar-refractivity contribution in [2.24, 2.45) is 10.2 Å². The van der Waals surface area contributed by atoms with Crippen LogP contribution in [0.15, 0.2) is 40.0 Å². The van der Waals surface area contributed by atoms with E-state index >= 15 is 0 Å². The average molecular weight is 234 g/mol. The highest BCUT2D eigenvalue weighted by molar-refractivity contribution is 7.13. The van der Waals surface area contributed by atoms with Crippen molar-refractivity contribution in [3.8, 4) is 5.75 Å². The fourth-order valence-electron chi connectivity index (χ4n) is 1.14. The lowest BCUT2D eigenvalue weighted by Gasteiger charge is -2.03. The van der Waals surface area contributed by atoms with Gasteiger partial charge in [-0.15, -0.1) is 21.6 Å². The lowest BCUT2D eigenvalue weighted by Crippen LogP contribution is -1.87. The van der Waals surface area contributed by atoms with Crippen molar-refractivity contribution in [2.75, 3.05) is 12.8 Å². The van der Waals surface area contributed by atoms with E-state index in [1.54, 1.807) is 31.5 Å². The number of hydrogen-bond acceptors (Lipinski definition) is 6. The average Bonchev–Trinajstić information content (AvgIpc) is 2.80. The van der Waals surface area contributed by atoms with Crippen molar-refractivity contribution >= 4 is 27.8 Å². The minimum atomic E-state index is 0.598.